The molecule has 0 saturated heterocycles. The van der Waals surface area contributed by atoms with E-state index in [4.69, 9.17) is 31.7 Å². The molecule has 9 heteroatoms. The van der Waals surface area contributed by atoms with Gasteiger partial charge in [0.2, 0.25) is 0 Å². The number of carbonyl (C=O) groups excluding carboxylic acids is 1. The van der Waals surface area contributed by atoms with Gasteiger partial charge in [0.25, 0.3) is 0 Å². The number of nitrogens with one attached hydrogen (secondary N) is 2. The fourth-order valence-corrected chi connectivity index (χ4v) is 3.63. The van der Waals surface area contributed by atoms with E-state index in [1.54, 1.807) is 19.9 Å². The van der Waals surface area contributed by atoms with Crippen molar-refractivity contribution >= 4 is 45.9 Å². The fraction of sp³-hybridized carbons (Fsp3) is 0.353. The summed E-state index contributed by atoms with van der Waals surface area (Å²) in [5, 5.41) is 15.2. The largest absolute Gasteiger partial charge is 0.493 e. The summed E-state index contributed by atoms with van der Waals surface area (Å²) in [5.41, 5.74) is 1.85. The SMILES string of the molecule is CCOC(=O)C1=C(C)NC(=S)N[C@@H]1c1cc(I)c(OCC#N)c(OC)c1. The number of hydrogen-bond acceptors (Lipinski definition) is 6. The predicted molar refractivity (Wildman–Crippen MR) is 108 cm³/mol. The highest BCUT2D eigenvalue weighted by Gasteiger charge is 2.32. The van der Waals surface area contributed by atoms with Crippen molar-refractivity contribution in [2.75, 3.05) is 20.3 Å². The Morgan fingerprint density at radius 2 is 2.19 bits per heavy atom. The molecule has 0 saturated carbocycles. The Bertz CT molecular complexity index is 804. The van der Waals surface area contributed by atoms with E-state index in [-0.39, 0.29) is 13.2 Å². The van der Waals surface area contributed by atoms with Gasteiger partial charge in [-0.25, -0.2) is 4.79 Å². The lowest BCUT2D eigenvalue weighted by Crippen LogP contribution is -2.45. The topological polar surface area (TPSA) is 92.6 Å². The molecular weight excluding hydrogens is 469 g/mol. The van der Waals surface area contributed by atoms with Crippen LogP contribution < -0.4 is 20.1 Å². The average molecular weight is 487 g/mol. The Kier molecular flexibility index (Phi) is 7.05. The molecule has 0 spiro atoms. The van der Waals surface area contributed by atoms with Crippen molar-refractivity contribution in [1.29, 1.82) is 5.26 Å². The number of benzene rings is 1. The van der Waals surface area contributed by atoms with E-state index in [2.05, 4.69) is 33.2 Å². The second-order valence-electron chi connectivity index (χ2n) is 5.27. The van der Waals surface area contributed by atoms with E-state index in [9.17, 15) is 4.79 Å². The van der Waals surface area contributed by atoms with E-state index in [0.717, 1.165) is 9.13 Å². The van der Waals surface area contributed by atoms with Crippen LogP contribution in [0.1, 0.15) is 25.5 Å². The Labute approximate surface area is 170 Å². The molecule has 2 rings (SSSR count). The molecule has 0 unspecified atom stereocenters. The maximum Gasteiger partial charge on any atom is 0.338 e. The van der Waals surface area contributed by atoms with Crippen molar-refractivity contribution in [3.8, 4) is 17.6 Å². The minimum atomic E-state index is -0.491. The lowest BCUT2D eigenvalue weighted by Gasteiger charge is -2.30. The van der Waals surface area contributed by atoms with Gasteiger partial charge in [-0.15, -0.1) is 0 Å². The van der Waals surface area contributed by atoms with Gasteiger partial charge in [-0.3, -0.25) is 0 Å². The molecule has 0 aromatic heterocycles. The van der Waals surface area contributed by atoms with Gasteiger partial charge in [0.15, 0.2) is 23.2 Å². The molecule has 7 nitrogen and oxygen atoms in total. The first-order valence-corrected chi connectivity index (χ1v) is 9.24. The molecule has 2 N–H and O–H groups in total. The zero-order valence-corrected chi connectivity index (χ0v) is 17.5. The summed E-state index contributed by atoms with van der Waals surface area (Å²) in [5.74, 6) is 0.527. The second kappa shape index (κ2) is 9.05. The van der Waals surface area contributed by atoms with E-state index in [0.29, 0.717) is 27.9 Å². The van der Waals surface area contributed by atoms with Crippen LogP contribution in [0.5, 0.6) is 11.5 Å². The highest BCUT2D eigenvalue weighted by atomic mass is 127. The summed E-state index contributed by atoms with van der Waals surface area (Å²) in [4.78, 5) is 12.4. The summed E-state index contributed by atoms with van der Waals surface area (Å²) in [6.07, 6.45) is 0. The molecule has 1 aromatic rings. The summed E-state index contributed by atoms with van der Waals surface area (Å²) < 4.78 is 16.8. The molecule has 0 radical (unpaired) electrons. The number of rotatable bonds is 6. The first kappa shape index (κ1) is 20.3. The number of methoxy groups -OCH3 is 1. The van der Waals surface area contributed by atoms with Gasteiger partial charge in [-0.2, -0.15) is 5.26 Å². The summed E-state index contributed by atoms with van der Waals surface area (Å²) in [6.45, 7) is 3.71. The maximum atomic E-state index is 12.4. The molecular formula is C17H18IN3O4S. The van der Waals surface area contributed by atoms with Gasteiger partial charge in [-0.05, 0) is 66.4 Å². The van der Waals surface area contributed by atoms with Crippen LogP contribution in [0.15, 0.2) is 23.4 Å². The van der Waals surface area contributed by atoms with Crippen molar-refractivity contribution in [3.05, 3.63) is 32.5 Å². The van der Waals surface area contributed by atoms with Gasteiger partial charge < -0.3 is 24.8 Å². The summed E-state index contributed by atoms with van der Waals surface area (Å²) in [7, 11) is 1.52. The lowest BCUT2D eigenvalue weighted by atomic mass is 9.95. The minimum Gasteiger partial charge on any atom is -0.493 e. The molecule has 1 aromatic carbocycles. The van der Waals surface area contributed by atoms with Crippen LogP contribution in [0.25, 0.3) is 0 Å². The summed E-state index contributed by atoms with van der Waals surface area (Å²) >= 11 is 7.34. The Hall–Kier alpha value is -2.06. The van der Waals surface area contributed by atoms with E-state index >= 15 is 0 Å². The molecule has 1 heterocycles. The third-order valence-corrected chi connectivity index (χ3v) is 4.65. The predicted octanol–water partition coefficient (Wildman–Crippen LogP) is 2.56. The number of allylic oxidation sites excluding steroid dienone is 1. The molecule has 26 heavy (non-hydrogen) atoms. The van der Waals surface area contributed by atoms with Crippen LogP contribution in [0.4, 0.5) is 0 Å². The maximum absolute atomic E-state index is 12.4. The zero-order valence-electron chi connectivity index (χ0n) is 14.5. The molecule has 138 valence electrons. The van der Waals surface area contributed by atoms with E-state index in [1.165, 1.54) is 7.11 Å². The van der Waals surface area contributed by atoms with Crippen LogP contribution >= 0.6 is 34.8 Å². The van der Waals surface area contributed by atoms with Crippen molar-refractivity contribution in [3.63, 3.8) is 0 Å². The molecule has 0 bridgehead atoms. The van der Waals surface area contributed by atoms with Crippen molar-refractivity contribution in [2.45, 2.75) is 19.9 Å². The zero-order chi connectivity index (χ0) is 19.3. The Morgan fingerprint density at radius 3 is 2.81 bits per heavy atom. The molecule has 0 amide bonds. The van der Waals surface area contributed by atoms with E-state index in [1.807, 2.05) is 12.1 Å². The number of ether oxygens (including phenoxy) is 3. The lowest BCUT2D eigenvalue weighted by molar-refractivity contribution is -0.139. The third kappa shape index (κ3) is 4.37. The van der Waals surface area contributed by atoms with Crippen molar-refractivity contribution in [1.82, 2.24) is 10.6 Å². The Morgan fingerprint density at radius 1 is 1.46 bits per heavy atom. The number of nitriles is 1. The smallest absolute Gasteiger partial charge is 0.338 e. The highest BCUT2D eigenvalue weighted by Crippen LogP contribution is 2.38. The molecule has 1 aliphatic heterocycles. The number of thiocarbonyl (C=S) groups is 1. The average Bonchev–Trinajstić information content (AvgIpc) is 2.59. The van der Waals surface area contributed by atoms with Gasteiger partial charge in [0.1, 0.15) is 6.07 Å². The molecule has 0 aliphatic carbocycles. The monoisotopic (exact) mass is 487 g/mol. The Balaban J connectivity index is 2.52. The number of esters is 1. The first-order valence-electron chi connectivity index (χ1n) is 7.75. The number of hydrogen-bond donors (Lipinski definition) is 2. The third-order valence-electron chi connectivity index (χ3n) is 3.63. The van der Waals surface area contributed by atoms with Crippen LogP contribution in [-0.4, -0.2) is 31.4 Å². The molecule has 0 fully saturated rings. The molecule has 1 atom stereocenters. The van der Waals surface area contributed by atoms with Gasteiger partial charge in [-0.1, -0.05) is 0 Å². The quantitative estimate of drug-likeness (QED) is 0.360. The normalized spacial score (nSPS) is 16.3. The fourth-order valence-electron chi connectivity index (χ4n) is 2.57. The van der Waals surface area contributed by atoms with Crippen molar-refractivity contribution in [2.24, 2.45) is 0 Å². The van der Waals surface area contributed by atoms with Crippen LogP contribution in [0.2, 0.25) is 0 Å². The van der Waals surface area contributed by atoms with Gasteiger partial charge in [0, 0.05) is 5.70 Å². The highest BCUT2D eigenvalue weighted by molar-refractivity contribution is 14.1. The van der Waals surface area contributed by atoms with Gasteiger partial charge in [0.05, 0.1) is 28.9 Å². The first-order chi connectivity index (χ1) is 12.4. The van der Waals surface area contributed by atoms with E-state index < -0.39 is 12.0 Å². The van der Waals surface area contributed by atoms with Crippen LogP contribution in [0, 0.1) is 14.9 Å². The van der Waals surface area contributed by atoms with Crippen LogP contribution in [0.3, 0.4) is 0 Å². The van der Waals surface area contributed by atoms with Gasteiger partial charge >= 0.3 is 5.97 Å². The molecule has 1 aliphatic rings. The van der Waals surface area contributed by atoms with Crippen LogP contribution in [-0.2, 0) is 9.53 Å². The number of carbonyl (C=O) groups is 1. The standard InChI is InChI=1S/C17H18IN3O4S/c1-4-24-16(22)13-9(2)20-17(26)21-14(13)10-7-11(18)15(25-6-5-19)12(8-10)23-3/h7-8,14H,4,6H2,1-3H3,(H2,20,21,26)/t14-/m1/s1. The minimum absolute atomic E-state index is 0.0888. The number of halogens is 1. The number of nitrogens with zero attached hydrogens (tertiary/aromatic N) is 1. The second-order valence-corrected chi connectivity index (χ2v) is 6.84. The summed E-state index contributed by atoms with van der Waals surface area (Å²) in [6, 6.07) is 5.05. The van der Waals surface area contributed by atoms with Crippen molar-refractivity contribution < 1.29 is 19.0 Å².